The third-order valence-electron chi connectivity index (χ3n) is 3.88. The van der Waals surface area contributed by atoms with E-state index in [1.54, 1.807) is 19.2 Å². The highest BCUT2D eigenvalue weighted by Gasteiger charge is 2.37. The maximum Gasteiger partial charge on any atom is 0.270 e. The lowest BCUT2D eigenvalue weighted by Gasteiger charge is -2.23. The minimum Gasteiger partial charge on any atom is -0.497 e. The van der Waals surface area contributed by atoms with Crippen molar-refractivity contribution in [3.8, 4) is 5.75 Å². The van der Waals surface area contributed by atoms with E-state index in [9.17, 15) is 18.5 Å². The minimum absolute atomic E-state index is 0.0669. The number of rotatable bonds is 5. The maximum absolute atomic E-state index is 13.0. The molecule has 1 aliphatic heterocycles. The summed E-state index contributed by atoms with van der Waals surface area (Å²) in [6.07, 6.45) is 0. The molecule has 0 aromatic heterocycles. The quantitative estimate of drug-likeness (QED) is 0.585. The van der Waals surface area contributed by atoms with Crippen molar-refractivity contribution in [2.75, 3.05) is 19.4 Å². The first-order chi connectivity index (χ1) is 11.9. The molecule has 0 radical (unpaired) electrons. The van der Waals surface area contributed by atoms with E-state index in [2.05, 4.69) is 0 Å². The number of non-ortho nitro benzene ring substituents is 1. The van der Waals surface area contributed by atoms with Crippen LogP contribution in [0.15, 0.2) is 53.4 Å². The van der Waals surface area contributed by atoms with Crippen LogP contribution in [-0.4, -0.2) is 37.1 Å². The third kappa shape index (κ3) is 3.48. The van der Waals surface area contributed by atoms with Crippen molar-refractivity contribution >= 4 is 27.5 Å². The highest BCUT2D eigenvalue weighted by Crippen LogP contribution is 2.42. The second-order valence-electron chi connectivity index (χ2n) is 5.37. The predicted molar refractivity (Wildman–Crippen MR) is 95.2 cm³/mol. The number of hydrogen-bond acceptors (Lipinski definition) is 6. The highest BCUT2D eigenvalue weighted by atomic mass is 32.2. The van der Waals surface area contributed by atoms with Gasteiger partial charge < -0.3 is 4.74 Å². The summed E-state index contributed by atoms with van der Waals surface area (Å²) in [5, 5.41) is 10.6. The monoisotopic (exact) mass is 380 g/mol. The molecule has 1 aliphatic rings. The van der Waals surface area contributed by atoms with Crippen LogP contribution in [0.4, 0.5) is 5.69 Å². The fourth-order valence-corrected chi connectivity index (χ4v) is 5.91. The van der Waals surface area contributed by atoms with Crippen LogP contribution in [0.25, 0.3) is 0 Å². The summed E-state index contributed by atoms with van der Waals surface area (Å²) in [7, 11) is -2.26. The lowest BCUT2D eigenvalue weighted by atomic mass is 10.2. The first-order valence-corrected chi connectivity index (χ1v) is 9.94. The van der Waals surface area contributed by atoms with E-state index in [-0.39, 0.29) is 16.0 Å². The van der Waals surface area contributed by atoms with Crippen LogP contribution in [0.1, 0.15) is 10.9 Å². The third-order valence-corrected chi connectivity index (χ3v) is 7.14. The van der Waals surface area contributed by atoms with Crippen molar-refractivity contribution in [2.45, 2.75) is 10.3 Å². The predicted octanol–water partition coefficient (Wildman–Crippen LogP) is 3.04. The molecule has 25 heavy (non-hydrogen) atoms. The smallest absolute Gasteiger partial charge is 0.270 e. The number of ether oxygens (including phenoxy) is 1. The van der Waals surface area contributed by atoms with E-state index in [0.717, 1.165) is 11.6 Å². The molecular formula is C16H16N2O5S2. The van der Waals surface area contributed by atoms with Crippen molar-refractivity contribution < 1.29 is 18.1 Å². The minimum atomic E-state index is -3.83. The SMILES string of the molecule is COc1ccc([C@@H]2SCCN2S(=O)(=O)c2cccc([N+](=O)[O-])c2)cc1. The van der Waals surface area contributed by atoms with Gasteiger partial charge in [-0.3, -0.25) is 10.1 Å². The molecule has 1 heterocycles. The standard InChI is InChI=1S/C16H16N2O5S2/c1-23-14-7-5-12(6-8-14)16-17(9-10-24-16)25(21,22)15-4-2-3-13(11-15)18(19)20/h2-8,11,16H,9-10H2,1H3/t16-/m0/s1. The van der Waals surface area contributed by atoms with Gasteiger partial charge in [-0.2, -0.15) is 4.31 Å². The molecule has 0 N–H and O–H groups in total. The van der Waals surface area contributed by atoms with Crippen molar-refractivity contribution in [3.05, 3.63) is 64.2 Å². The van der Waals surface area contributed by atoms with Gasteiger partial charge in [-0.1, -0.05) is 18.2 Å². The summed E-state index contributed by atoms with van der Waals surface area (Å²) >= 11 is 1.52. The zero-order valence-electron chi connectivity index (χ0n) is 13.4. The zero-order chi connectivity index (χ0) is 18.0. The van der Waals surface area contributed by atoms with Crippen molar-refractivity contribution in [1.29, 1.82) is 0 Å². The van der Waals surface area contributed by atoms with Gasteiger partial charge in [0.05, 0.1) is 22.3 Å². The zero-order valence-corrected chi connectivity index (χ0v) is 15.0. The molecule has 9 heteroatoms. The van der Waals surface area contributed by atoms with Crippen LogP contribution in [0.5, 0.6) is 5.75 Å². The number of benzene rings is 2. The van der Waals surface area contributed by atoms with Gasteiger partial charge >= 0.3 is 0 Å². The van der Waals surface area contributed by atoms with Gasteiger partial charge in [0.1, 0.15) is 5.75 Å². The van der Waals surface area contributed by atoms with Gasteiger partial charge in [0.15, 0.2) is 0 Å². The number of hydrogen-bond donors (Lipinski definition) is 0. The van der Waals surface area contributed by atoms with Gasteiger partial charge in [-0.25, -0.2) is 8.42 Å². The molecule has 3 rings (SSSR count). The van der Waals surface area contributed by atoms with E-state index >= 15 is 0 Å². The van der Waals surface area contributed by atoms with Crippen LogP contribution in [-0.2, 0) is 10.0 Å². The lowest BCUT2D eigenvalue weighted by molar-refractivity contribution is -0.385. The molecule has 2 aromatic carbocycles. The Morgan fingerprint density at radius 2 is 1.96 bits per heavy atom. The second-order valence-corrected chi connectivity index (χ2v) is 8.45. The molecule has 7 nitrogen and oxygen atoms in total. The van der Waals surface area contributed by atoms with E-state index in [1.807, 2.05) is 12.1 Å². The number of nitro benzene ring substituents is 1. The molecule has 1 fully saturated rings. The Morgan fingerprint density at radius 3 is 2.60 bits per heavy atom. The Bertz CT molecular complexity index is 884. The average Bonchev–Trinajstić information content (AvgIpc) is 3.12. The van der Waals surface area contributed by atoms with Crippen LogP contribution in [0.3, 0.4) is 0 Å². The number of thioether (sulfide) groups is 1. The summed E-state index contributed by atoms with van der Waals surface area (Å²) in [6.45, 7) is 0.354. The molecule has 0 bridgehead atoms. The molecule has 1 saturated heterocycles. The molecule has 0 saturated carbocycles. The molecule has 132 valence electrons. The molecule has 0 unspecified atom stereocenters. The molecule has 0 spiro atoms. The topological polar surface area (TPSA) is 89.8 Å². The van der Waals surface area contributed by atoms with E-state index in [1.165, 1.54) is 34.3 Å². The van der Waals surface area contributed by atoms with E-state index in [4.69, 9.17) is 4.74 Å². The van der Waals surface area contributed by atoms with Crippen LogP contribution >= 0.6 is 11.8 Å². The fraction of sp³-hybridized carbons (Fsp3) is 0.250. The lowest BCUT2D eigenvalue weighted by Crippen LogP contribution is -2.30. The summed E-state index contributed by atoms with van der Waals surface area (Å²) < 4.78 is 32.5. The van der Waals surface area contributed by atoms with Gasteiger partial charge in [0.25, 0.3) is 5.69 Å². The molecule has 2 aromatic rings. The van der Waals surface area contributed by atoms with Gasteiger partial charge in [0.2, 0.25) is 10.0 Å². The highest BCUT2D eigenvalue weighted by molar-refractivity contribution is 8.01. The Morgan fingerprint density at radius 1 is 1.24 bits per heavy atom. The molecule has 0 amide bonds. The summed E-state index contributed by atoms with van der Waals surface area (Å²) in [5.41, 5.74) is 0.603. The maximum atomic E-state index is 13.0. The molecule has 1 atom stereocenters. The van der Waals surface area contributed by atoms with Gasteiger partial charge in [-0.15, -0.1) is 11.8 Å². The number of sulfonamides is 1. The van der Waals surface area contributed by atoms with Crippen molar-refractivity contribution in [1.82, 2.24) is 4.31 Å². The first-order valence-electron chi connectivity index (χ1n) is 7.45. The van der Waals surface area contributed by atoms with E-state index < -0.39 is 14.9 Å². The fourth-order valence-electron chi connectivity index (χ4n) is 2.62. The van der Waals surface area contributed by atoms with Gasteiger partial charge in [0, 0.05) is 24.4 Å². The van der Waals surface area contributed by atoms with Crippen molar-refractivity contribution in [2.24, 2.45) is 0 Å². The van der Waals surface area contributed by atoms with Crippen LogP contribution < -0.4 is 4.74 Å². The summed E-state index contributed by atoms with van der Waals surface area (Å²) in [6, 6.07) is 12.4. The summed E-state index contributed by atoms with van der Waals surface area (Å²) in [4.78, 5) is 10.3. The second kappa shape index (κ2) is 7.03. The van der Waals surface area contributed by atoms with E-state index in [0.29, 0.717) is 18.0 Å². The number of nitrogens with zero attached hydrogens (tertiary/aromatic N) is 2. The van der Waals surface area contributed by atoms with Crippen LogP contribution in [0, 0.1) is 10.1 Å². The Labute approximate surface area is 149 Å². The normalized spacial score (nSPS) is 18.2. The first kappa shape index (κ1) is 17.7. The average molecular weight is 380 g/mol. The summed E-state index contributed by atoms with van der Waals surface area (Å²) in [5.74, 6) is 1.35. The number of methoxy groups -OCH3 is 1. The Kier molecular flexibility index (Phi) is 4.98. The van der Waals surface area contributed by atoms with Crippen LogP contribution in [0.2, 0.25) is 0 Å². The molecule has 0 aliphatic carbocycles. The Balaban J connectivity index is 1.95. The van der Waals surface area contributed by atoms with Gasteiger partial charge in [-0.05, 0) is 23.8 Å². The largest absolute Gasteiger partial charge is 0.497 e. The molecular weight excluding hydrogens is 364 g/mol. The Hall–Kier alpha value is -2.10. The number of nitro groups is 1. The van der Waals surface area contributed by atoms with Crippen molar-refractivity contribution in [3.63, 3.8) is 0 Å².